The Morgan fingerprint density at radius 2 is 1.81 bits per heavy atom. The largest absolute Gasteiger partial charge is 0.256 e. The second-order valence-electron chi connectivity index (χ2n) is 7.44. The molecule has 2 aromatic rings. The van der Waals surface area contributed by atoms with Crippen molar-refractivity contribution in [1.82, 2.24) is 4.98 Å². The zero-order chi connectivity index (χ0) is 18.2. The summed E-state index contributed by atoms with van der Waals surface area (Å²) in [6.07, 6.45) is 13.1. The Bertz CT molecular complexity index is 722. The van der Waals surface area contributed by atoms with Gasteiger partial charge in [0.15, 0.2) is 0 Å². The second-order valence-corrected chi connectivity index (χ2v) is 7.62. The lowest BCUT2D eigenvalue weighted by Crippen LogP contribution is -2.13. The molecule has 1 aliphatic carbocycles. The molecule has 136 valence electrons. The van der Waals surface area contributed by atoms with Crippen LogP contribution in [-0.4, -0.2) is 10.1 Å². The number of hydrogen-bond acceptors (Lipinski definition) is 3. The predicted molar refractivity (Wildman–Crippen MR) is 113 cm³/mol. The molecular formula is C23H28N2S. The molecule has 1 aromatic carbocycles. The van der Waals surface area contributed by atoms with E-state index >= 15 is 0 Å². The minimum absolute atomic E-state index is 0.693. The van der Waals surface area contributed by atoms with E-state index in [1.54, 1.807) is 0 Å². The van der Waals surface area contributed by atoms with Gasteiger partial charge in [0.1, 0.15) is 0 Å². The topological polar surface area (TPSA) is 25.2 Å². The highest BCUT2D eigenvalue weighted by Crippen LogP contribution is 2.37. The molecule has 26 heavy (non-hydrogen) atoms. The van der Waals surface area contributed by atoms with Crippen LogP contribution in [0.1, 0.15) is 69.8 Å². The summed E-state index contributed by atoms with van der Waals surface area (Å²) in [4.78, 5) is 8.70. The molecule has 0 amide bonds. The molecule has 1 heterocycles. The summed E-state index contributed by atoms with van der Waals surface area (Å²) in [5.74, 6) is 1.65. The van der Waals surface area contributed by atoms with Gasteiger partial charge in [0.05, 0.1) is 16.5 Å². The van der Waals surface area contributed by atoms with E-state index < -0.39 is 0 Å². The maximum Gasteiger partial charge on any atom is 0.0740 e. The minimum Gasteiger partial charge on any atom is -0.256 e. The molecule has 0 aliphatic heterocycles. The van der Waals surface area contributed by atoms with Crippen molar-refractivity contribution in [3.05, 3.63) is 48.2 Å². The van der Waals surface area contributed by atoms with Gasteiger partial charge >= 0.3 is 0 Å². The first-order valence-electron chi connectivity index (χ1n) is 9.94. The van der Waals surface area contributed by atoms with Crippen molar-refractivity contribution in [3.8, 4) is 11.3 Å². The van der Waals surface area contributed by atoms with E-state index in [9.17, 15) is 0 Å². The zero-order valence-electron chi connectivity index (χ0n) is 15.7. The van der Waals surface area contributed by atoms with Gasteiger partial charge in [-0.05, 0) is 73.5 Å². The Morgan fingerprint density at radius 1 is 1.04 bits per heavy atom. The van der Waals surface area contributed by atoms with Gasteiger partial charge in [-0.2, -0.15) is 4.99 Å². The highest BCUT2D eigenvalue weighted by molar-refractivity contribution is 7.78. The summed E-state index contributed by atoms with van der Waals surface area (Å²) >= 11 is 4.64. The van der Waals surface area contributed by atoms with Crippen molar-refractivity contribution in [1.29, 1.82) is 0 Å². The first-order valence-corrected chi connectivity index (χ1v) is 10.3. The summed E-state index contributed by atoms with van der Waals surface area (Å²) in [7, 11) is 0. The molecule has 0 unspecified atom stereocenters. The van der Waals surface area contributed by atoms with Crippen LogP contribution in [0.3, 0.4) is 0 Å². The minimum atomic E-state index is 0.693. The number of aliphatic imine (C=N–C) groups is 1. The summed E-state index contributed by atoms with van der Waals surface area (Å²) in [6.45, 7) is 2.29. The van der Waals surface area contributed by atoms with E-state index in [2.05, 4.69) is 47.6 Å². The molecule has 0 radical (unpaired) electrons. The first kappa shape index (κ1) is 18.9. The van der Waals surface area contributed by atoms with Gasteiger partial charge in [-0.25, -0.2) is 0 Å². The van der Waals surface area contributed by atoms with Gasteiger partial charge in [-0.15, -0.1) is 0 Å². The quantitative estimate of drug-likeness (QED) is 0.292. The molecule has 2 nitrogen and oxygen atoms in total. The lowest BCUT2D eigenvalue weighted by Gasteiger charge is -2.28. The maximum atomic E-state index is 4.71. The van der Waals surface area contributed by atoms with Crippen LogP contribution in [0.15, 0.2) is 47.6 Å². The summed E-state index contributed by atoms with van der Waals surface area (Å²) in [5, 5.41) is 2.40. The second kappa shape index (κ2) is 9.75. The highest BCUT2D eigenvalue weighted by Gasteiger charge is 2.22. The number of isothiocyanates is 1. The highest BCUT2D eigenvalue weighted by atomic mass is 32.1. The number of benzene rings is 1. The third-order valence-electron chi connectivity index (χ3n) is 5.66. The molecule has 3 rings (SSSR count). The van der Waals surface area contributed by atoms with E-state index in [1.165, 1.54) is 56.9 Å². The van der Waals surface area contributed by atoms with Crippen LogP contribution in [0.4, 0.5) is 5.69 Å². The number of aromatic nitrogens is 1. The van der Waals surface area contributed by atoms with Gasteiger partial charge in [0.2, 0.25) is 0 Å². The molecule has 1 aromatic heterocycles. The van der Waals surface area contributed by atoms with Crippen LogP contribution in [-0.2, 0) is 0 Å². The van der Waals surface area contributed by atoms with E-state index in [4.69, 9.17) is 4.98 Å². The smallest absolute Gasteiger partial charge is 0.0740 e. The molecule has 0 atom stereocenters. The number of pyridine rings is 1. The molecular weight excluding hydrogens is 336 g/mol. The lowest BCUT2D eigenvalue weighted by molar-refractivity contribution is 0.302. The van der Waals surface area contributed by atoms with Crippen LogP contribution in [0, 0.1) is 5.92 Å². The Kier molecular flexibility index (Phi) is 7.11. The van der Waals surface area contributed by atoms with Crippen LogP contribution in [0.25, 0.3) is 11.3 Å². The van der Waals surface area contributed by atoms with E-state index in [0.29, 0.717) is 5.92 Å². The van der Waals surface area contributed by atoms with Crippen LogP contribution in [0.5, 0.6) is 0 Å². The van der Waals surface area contributed by atoms with Crippen molar-refractivity contribution < 1.29 is 0 Å². The van der Waals surface area contributed by atoms with E-state index in [-0.39, 0.29) is 0 Å². The molecule has 0 N–H and O–H groups in total. The molecule has 1 aliphatic rings. The fourth-order valence-electron chi connectivity index (χ4n) is 4.04. The Morgan fingerprint density at radius 3 is 2.42 bits per heavy atom. The SMILES string of the molecule is CCCCC[C@H]1CC[C@H](c2ccc(-c3ccc(N=C=S)cc3)nc2)CC1. The molecule has 0 saturated heterocycles. The molecule has 0 spiro atoms. The van der Waals surface area contributed by atoms with Gasteiger partial charge in [-0.1, -0.05) is 50.8 Å². The van der Waals surface area contributed by atoms with Crippen LogP contribution < -0.4 is 0 Å². The fourth-order valence-corrected chi connectivity index (χ4v) is 4.15. The van der Waals surface area contributed by atoms with Gasteiger partial charge in [0.25, 0.3) is 0 Å². The normalized spacial score (nSPS) is 19.7. The summed E-state index contributed by atoms with van der Waals surface area (Å²) in [6, 6.07) is 12.4. The van der Waals surface area contributed by atoms with Gasteiger partial charge in [0, 0.05) is 11.8 Å². The average molecular weight is 365 g/mol. The molecule has 1 saturated carbocycles. The Labute approximate surface area is 162 Å². The van der Waals surface area contributed by atoms with Crippen molar-refractivity contribution in [2.24, 2.45) is 10.9 Å². The van der Waals surface area contributed by atoms with Crippen LogP contribution in [0.2, 0.25) is 0 Å². The number of nitrogens with zero attached hydrogens (tertiary/aromatic N) is 2. The molecule has 1 fully saturated rings. The van der Waals surface area contributed by atoms with Crippen molar-refractivity contribution in [2.45, 2.75) is 64.2 Å². The van der Waals surface area contributed by atoms with Gasteiger partial charge < -0.3 is 0 Å². The summed E-state index contributed by atoms with van der Waals surface area (Å²) in [5.41, 5.74) is 4.36. The summed E-state index contributed by atoms with van der Waals surface area (Å²) < 4.78 is 0. The van der Waals surface area contributed by atoms with Crippen molar-refractivity contribution in [3.63, 3.8) is 0 Å². The maximum absolute atomic E-state index is 4.71. The number of rotatable bonds is 7. The fraction of sp³-hybridized carbons (Fsp3) is 0.478. The first-order chi connectivity index (χ1) is 12.8. The van der Waals surface area contributed by atoms with E-state index in [1.807, 2.05) is 24.3 Å². The monoisotopic (exact) mass is 364 g/mol. The lowest BCUT2D eigenvalue weighted by atomic mass is 9.77. The Hall–Kier alpha value is -1.83. The molecule has 3 heteroatoms. The number of unbranched alkanes of at least 4 members (excludes halogenated alkanes) is 2. The standard InChI is InChI=1S/C23H28N2S/c1-2-3-4-5-18-6-8-19(9-7-18)21-12-15-23(24-16-21)20-10-13-22(14-11-20)25-17-26/h10-16,18-19H,2-9H2,1H3/t18-,19-. The molecule has 0 bridgehead atoms. The Balaban J connectivity index is 1.57. The third kappa shape index (κ3) is 5.09. The number of thiocarbonyl (C=S) groups is 1. The number of hydrogen-bond donors (Lipinski definition) is 0. The zero-order valence-corrected chi connectivity index (χ0v) is 16.5. The third-order valence-corrected chi connectivity index (χ3v) is 5.75. The van der Waals surface area contributed by atoms with Gasteiger partial charge in [-0.3, -0.25) is 4.98 Å². The average Bonchev–Trinajstić information content (AvgIpc) is 2.70. The van der Waals surface area contributed by atoms with E-state index in [0.717, 1.165) is 22.9 Å². The predicted octanol–water partition coefficient (Wildman–Crippen LogP) is 7.34. The van der Waals surface area contributed by atoms with Crippen molar-refractivity contribution >= 4 is 23.1 Å². The van der Waals surface area contributed by atoms with Crippen LogP contribution >= 0.6 is 12.2 Å². The van der Waals surface area contributed by atoms with Crippen molar-refractivity contribution in [2.75, 3.05) is 0 Å².